The smallest absolute Gasteiger partial charge is 0.0782 e. The van der Waals surface area contributed by atoms with Crippen LogP contribution in [0.15, 0.2) is 38.2 Å². The van der Waals surface area contributed by atoms with E-state index in [1.54, 1.807) is 23.7 Å². The lowest BCUT2D eigenvalue weighted by atomic mass is 10.2. The fourth-order valence-electron chi connectivity index (χ4n) is 1.13. The van der Waals surface area contributed by atoms with E-state index in [9.17, 15) is 0 Å². The maximum atomic E-state index is 3.97. The molecule has 0 aliphatic carbocycles. The van der Waals surface area contributed by atoms with Crippen molar-refractivity contribution < 1.29 is 0 Å². The summed E-state index contributed by atoms with van der Waals surface area (Å²) in [7, 11) is 0. The van der Waals surface area contributed by atoms with Gasteiger partial charge in [-0.05, 0) is 55.6 Å². The summed E-state index contributed by atoms with van der Waals surface area (Å²) in [6.45, 7) is 0. The molecule has 0 unspecified atom stereocenters. The normalized spacial score (nSPS) is 11.1. The second kappa shape index (κ2) is 5.05. The minimum atomic E-state index is 1.13. The molecule has 15 heavy (non-hydrogen) atoms. The van der Waals surface area contributed by atoms with Crippen molar-refractivity contribution in [2.24, 2.45) is 0 Å². The number of hydrogen-bond acceptors (Lipinski definition) is 2. The number of thiophene rings is 1. The first kappa shape index (κ1) is 11.0. The molecule has 2 aromatic rings. The number of halogens is 2. The fourth-order valence-corrected chi connectivity index (χ4v) is 3.88. The molecule has 0 aromatic carbocycles. The van der Waals surface area contributed by atoms with Crippen LogP contribution in [0, 0.1) is 0 Å². The van der Waals surface area contributed by atoms with Crippen molar-refractivity contribution in [2.45, 2.75) is 0 Å². The van der Waals surface area contributed by atoms with E-state index in [4.69, 9.17) is 0 Å². The number of pyridine rings is 1. The molecule has 0 bridgehead atoms. The molecule has 2 rings (SSSR count). The van der Waals surface area contributed by atoms with Gasteiger partial charge in [0, 0.05) is 18.0 Å². The fraction of sp³-hybridized carbons (Fsp3) is 0. The van der Waals surface area contributed by atoms with Gasteiger partial charge in [0.05, 0.1) is 7.57 Å². The first-order valence-corrected chi connectivity index (χ1v) is 6.69. The van der Waals surface area contributed by atoms with Crippen LogP contribution in [0.5, 0.6) is 0 Å². The first-order chi connectivity index (χ1) is 7.25. The van der Waals surface area contributed by atoms with Crippen LogP contribution in [-0.4, -0.2) is 4.98 Å². The van der Waals surface area contributed by atoms with E-state index >= 15 is 0 Å². The van der Waals surface area contributed by atoms with Gasteiger partial charge in [-0.3, -0.25) is 4.98 Å². The molecular weight excluding hydrogens is 338 g/mol. The van der Waals surface area contributed by atoms with Crippen LogP contribution in [0.25, 0.3) is 12.2 Å². The summed E-state index contributed by atoms with van der Waals surface area (Å²) in [5.41, 5.74) is 2.34. The molecule has 1 nitrogen and oxygen atoms in total. The van der Waals surface area contributed by atoms with Gasteiger partial charge in [-0.2, -0.15) is 0 Å². The molecule has 0 aliphatic rings. The molecule has 0 aliphatic heterocycles. The predicted molar refractivity (Wildman–Crippen MR) is 72.9 cm³/mol. The predicted octanol–water partition coefficient (Wildman–Crippen LogP) is 4.84. The van der Waals surface area contributed by atoms with Crippen LogP contribution in [-0.2, 0) is 0 Å². The van der Waals surface area contributed by atoms with Gasteiger partial charge in [-0.15, -0.1) is 11.3 Å². The molecule has 4 heteroatoms. The average Bonchev–Trinajstić information content (AvgIpc) is 2.56. The summed E-state index contributed by atoms with van der Waals surface area (Å²) in [5, 5.41) is 0. The van der Waals surface area contributed by atoms with Gasteiger partial charge in [0.25, 0.3) is 0 Å². The molecule has 0 amide bonds. The highest BCUT2D eigenvalue weighted by Gasteiger charge is 2.00. The third-order valence-electron chi connectivity index (χ3n) is 1.84. The molecule has 0 saturated heterocycles. The average molecular weight is 345 g/mol. The number of aromatic nitrogens is 1. The lowest BCUT2D eigenvalue weighted by Crippen LogP contribution is -1.72. The standard InChI is InChI=1S/C11H7Br2NS/c12-10-7-9(11(13)15-10)2-1-8-3-5-14-6-4-8/h1-7H/b2-1+. The summed E-state index contributed by atoms with van der Waals surface area (Å²) >= 11 is 8.64. The van der Waals surface area contributed by atoms with E-state index in [0.717, 1.165) is 13.1 Å². The Kier molecular flexibility index (Phi) is 3.72. The van der Waals surface area contributed by atoms with Crippen LogP contribution in [0.3, 0.4) is 0 Å². The summed E-state index contributed by atoms with van der Waals surface area (Å²) in [4.78, 5) is 3.97. The maximum Gasteiger partial charge on any atom is 0.0782 e. The van der Waals surface area contributed by atoms with Crippen LogP contribution in [0.1, 0.15) is 11.1 Å². The lowest BCUT2D eigenvalue weighted by Gasteiger charge is -1.90. The molecule has 76 valence electrons. The van der Waals surface area contributed by atoms with Crippen LogP contribution in [0.4, 0.5) is 0 Å². The van der Waals surface area contributed by atoms with E-state index in [1.165, 1.54) is 5.56 Å². The summed E-state index contributed by atoms with van der Waals surface area (Å²) < 4.78 is 2.27. The highest BCUT2D eigenvalue weighted by Crippen LogP contribution is 2.32. The van der Waals surface area contributed by atoms with Crippen molar-refractivity contribution >= 4 is 55.3 Å². The van der Waals surface area contributed by atoms with E-state index in [1.807, 2.05) is 12.1 Å². The van der Waals surface area contributed by atoms with Gasteiger partial charge < -0.3 is 0 Å². The quantitative estimate of drug-likeness (QED) is 0.759. The van der Waals surface area contributed by atoms with Crippen LogP contribution < -0.4 is 0 Å². The Bertz CT molecular complexity index is 477. The molecule has 2 aromatic heterocycles. The molecule has 0 spiro atoms. The number of rotatable bonds is 2. The zero-order valence-electron chi connectivity index (χ0n) is 7.65. The summed E-state index contributed by atoms with van der Waals surface area (Å²) in [6, 6.07) is 6.05. The van der Waals surface area contributed by atoms with E-state index in [0.29, 0.717) is 0 Å². The Hall–Kier alpha value is -0.450. The molecule has 2 heterocycles. The summed E-state index contributed by atoms with van der Waals surface area (Å²) in [5.74, 6) is 0. The van der Waals surface area contributed by atoms with Crippen LogP contribution in [0.2, 0.25) is 0 Å². The van der Waals surface area contributed by atoms with Crippen molar-refractivity contribution in [3.63, 3.8) is 0 Å². The van der Waals surface area contributed by atoms with Crippen molar-refractivity contribution in [2.75, 3.05) is 0 Å². The molecule has 0 saturated carbocycles. The van der Waals surface area contributed by atoms with E-state index < -0.39 is 0 Å². The van der Waals surface area contributed by atoms with Crippen molar-refractivity contribution in [3.05, 3.63) is 49.3 Å². The molecule has 0 fully saturated rings. The van der Waals surface area contributed by atoms with Crippen molar-refractivity contribution in [3.8, 4) is 0 Å². The Morgan fingerprint density at radius 2 is 1.87 bits per heavy atom. The van der Waals surface area contributed by atoms with Gasteiger partial charge in [-0.25, -0.2) is 0 Å². The third-order valence-corrected chi connectivity index (χ3v) is 4.23. The van der Waals surface area contributed by atoms with Gasteiger partial charge in [0.1, 0.15) is 0 Å². The Balaban J connectivity index is 2.22. The number of hydrogen-bond donors (Lipinski definition) is 0. The van der Waals surface area contributed by atoms with Gasteiger partial charge in [0.2, 0.25) is 0 Å². The molecule has 0 atom stereocenters. The highest BCUT2D eigenvalue weighted by molar-refractivity contribution is 9.12. The zero-order chi connectivity index (χ0) is 10.7. The Morgan fingerprint density at radius 1 is 1.13 bits per heavy atom. The Labute approximate surface area is 109 Å². The topological polar surface area (TPSA) is 12.9 Å². The second-order valence-corrected chi connectivity index (χ2v) is 6.64. The first-order valence-electron chi connectivity index (χ1n) is 4.28. The van der Waals surface area contributed by atoms with Gasteiger partial charge in [0.15, 0.2) is 0 Å². The van der Waals surface area contributed by atoms with Crippen LogP contribution >= 0.6 is 43.2 Å². The third kappa shape index (κ3) is 3.00. The van der Waals surface area contributed by atoms with E-state index in [-0.39, 0.29) is 0 Å². The minimum Gasteiger partial charge on any atom is -0.265 e. The summed E-state index contributed by atoms with van der Waals surface area (Å²) in [6.07, 6.45) is 7.73. The van der Waals surface area contributed by atoms with Gasteiger partial charge >= 0.3 is 0 Å². The van der Waals surface area contributed by atoms with E-state index in [2.05, 4.69) is 55.1 Å². The highest BCUT2D eigenvalue weighted by atomic mass is 79.9. The Morgan fingerprint density at radius 3 is 2.47 bits per heavy atom. The van der Waals surface area contributed by atoms with Crippen molar-refractivity contribution in [1.82, 2.24) is 4.98 Å². The molecular formula is C11H7Br2NS. The molecule has 0 radical (unpaired) electrons. The monoisotopic (exact) mass is 343 g/mol. The lowest BCUT2D eigenvalue weighted by molar-refractivity contribution is 1.32. The second-order valence-electron chi connectivity index (χ2n) is 2.89. The van der Waals surface area contributed by atoms with Gasteiger partial charge in [-0.1, -0.05) is 12.2 Å². The number of nitrogens with zero attached hydrogens (tertiary/aromatic N) is 1. The SMILES string of the molecule is Brc1cc(/C=C/c2ccncc2)c(Br)s1. The molecule has 0 N–H and O–H groups in total. The maximum absolute atomic E-state index is 3.97. The minimum absolute atomic E-state index is 1.13. The zero-order valence-corrected chi connectivity index (χ0v) is 11.6. The largest absolute Gasteiger partial charge is 0.265 e. The van der Waals surface area contributed by atoms with Crippen molar-refractivity contribution in [1.29, 1.82) is 0 Å².